The Balaban J connectivity index is 2.01. The summed E-state index contributed by atoms with van der Waals surface area (Å²) < 4.78 is 0. The maximum Gasteiger partial charge on any atom is 0.146 e. The van der Waals surface area contributed by atoms with E-state index in [2.05, 4.69) is 17.1 Å². The van der Waals surface area contributed by atoms with Crippen LogP contribution in [0.25, 0.3) is 0 Å². The molecule has 3 heteroatoms. The van der Waals surface area contributed by atoms with Crippen molar-refractivity contribution in [3.63, 3.8) is 0 Å². The molecule has 2 rings (SSSR count). The van der Waals surface area contributed by atoms with E-state index in [1.807, 2.05) is 18.4 Å². The van der Waals surface area contributed by atoms with E-state index in [0.29, 0.717) is 18.3 Å². The van der Waals surface area contributed by atoms with E-state index in [4.69, 9.17) is 5.73 Å². The van der Waals surface area contributed by atoms with Crippen LogP contribution in [-0.4, -0.2) is 24.1 Å². The van der Waals surface area contributed by atoms with Crippen LogP contribution in [0.1, 0.15) is 13.3 Å². The molecule has 0 fully saturated rings. The van der Waals surface area contributed by atoms with Gasteiger partial charge in [0.05, 0.1) is 12.1 Å². The summed E-state index contributed by atoms with van der Waals surface area (Å²) in [6.07, 6.45) is 11.0. The zero-order valence-corrected chi connectivity index (χ0v) is 8.84. The lowest BCUT2D eigenvalue weighted by Crippen LogP contribution is -2.33. The molecule has 80 valence electrons. The molecule has 2 N–H and O–H groups in total. The summed E-state index contributed by atoms with van der Waals surface area (Å²) in [6, 6.07) is -0.0846. The van der Waals surface area contributed by atoms with Crippen molar-refractivity contribution in [2.24, 2.45) is 22.6 Å². The average molecular weight is 204 g/mol. The number of aliphatic imine (C=N–C) groups is 1. The van der Waals surface area contributed by atoms with Crippen LogP contribution in [-0.2, 0) is 4.79 Å². The van der Waals surface area contributed by atoms with Crippen LogP contribution < -0.4 is 5.73 Å². The van der Waals surface area contributed by atoms with Crippen LogP contribution in [0.15, 0.2) is 29.3 Å². The fourth-order valence-electron chi connectivity index (χ4n) is 2.14. The Hall–Kier alpha value is -1.22. The number of allylic oxidation sites excluding steroid dienone is 2. The summed E-state index contributed by atoms with van der Waals surface area (Å²) in [5, 5.41) is 0. The minimum Gasteiger partial charge on any atom is -0.321 e. The molecule has 0 spiro atoms. The highest BCUT2D eigenvalue weighted by molar-refractivity contribution is 5.81. The number of carbonyl (C=O) groups is 1. The molecule has 0 aromatic rings. The van der Waals surface area contributed by atoms with E-state index in [1.165, 1.54) is 0 Å². The number of hydrogen-bond acceptors (Lipinski definition) is 3. The normalized spacial score (nSPS) is 34.1. The van der Waals surface area contributed by atoms with Gasteiger partial charge in [-0.15, -0.1) is 0 Å². The molecule has 3 nitrogen and oxygen atoms in total. The van der Waals surface area contributed by atoms with Crippen LogP contribution in [0.3, 0.4) is 0 Å². The van der Waals surface area contributed by atoms with Crippen molar-refractivity contribution < 1.29 is 4.79 Å². The zero-order chi connectivity index (χ0) is 10.8. The maximum absolute atomic E-state index is 11.1. The Morgan fingerprint density at radius 2 is 2.20 bits per heavy atom. The third-order valence-corrected chi connectivity index (χ3v) is 3.14. The third-order valence-electron chi connectivity index (χ3n) is 3.14. The predicted molar refractivity (Wildman–Crippen MR) is 60.8 cm³/mol. The molecule has 0 aromatic heterocycles. The molecule has 2 aliphatic rings. The van der Waals surface area contributed by atoms with Crippen molar-refractivity contribution in [2.75, 3.05) is 0 Å². The van der Waals surface area contributed by atoms with Gasteiger partial charge in [0.2, 0.25) is 0 Å². The first-order valence-electron chi connectivity index (χ1n) is 5.33. The van der Waals surface area contributed by atoms with E-state index in [-0.39, 0.29) is 17.9 Å². The fourth-order valence-corrected chi connectivity index (χ4v) is 2.14. The molecule has 0 saturated heterocycles. The van der Waals surface area contributed by atoms with Gasteiger partial charge in [-0.2, -0.15) is 0 Å². The van der Waals surface area contributed by atoms with Crippen molar-refractivity contribution in [3.8, 4) is 0 Å². The van der Waals surface area contributed by atoms with E-state index >= 15 is 0 Å². The lowest BCUT2D eigenvalue weighted by molar-refractivity contribution is -0.118. The van der Waals surface area contributed by atoms with E-state index < -0.39 is 0 Å². The second-order valence-corrected chi connectivity index (χ2v) is 4.25. The van der Waals surface area contributed by atoms with Crippen molar-refractivity contribution in [2.45, 2.75) is 25.4 Å². The second kappa shape index (κ2) is 4.11. The minimum atomic E-state index is -0.348. The SMILES string of the molecule is CC(=O)C(N)CC1C=NC2C=CC=CC12. The highest BCUT2D eigenvalue weighted by Gasteiger charge is 2.32. The largest absolute Gasteiger partial charge is 0.321 e. The Morgan fingerprint density at radius 1 is 1.47 bits per heavy atom. The van der Waals surface area contributed by atoms with Gasteiger partial charge in [-0.3, -0.25) is 9.79 Å². The standard InChI is InChI=1S/C12H16N2O/c1-8(15)11(13)6-9-7-14-12-5-3-2-4-10(9)12/h2-5,7,9-12H,6,13H2,1H3. The van der Waals surface area contributed by atoms with Crippen LogP contribution in [0.2, 0.25) is 0 Å². The summed E-state index contributed by atoms with van der Waals surface area (Å²) in [6.45, 7) is 1.55. The van der Waals surface area contributed by atoms with E-state index in [1.54, 1.807) is 6.92 Å². The number of rotatable bonds is 3. The van der Waals surface area contributed by atoms with Gasteiger partial charge in [-0.1, -0.05) is 24.3 Å². The quantitative estimate of drug-likeness (QED) is 0.748. The maximum atomic E-state index is 11.1. The Labute approximate surface area is 89.8 Å². The highest BCUT2D eigenvalue weighted by atomic mass is 16.1. The highest BCUT2D eigenvalue weighted by Crippen LogP contribution is 2.31. The van der Waals surface area contributed by atoms with Gasteiger partial charge in [-0.25, -0.2) is 0 Å². The molecule has 4 atom stereocenters. The summed E-state index contributed by atoms with van der Waals surface area (Å²) in [4.78, 5) is 15.5. The lowest BCUT2D eigenvalue weighted by Gasteiger charge is -2.22. The van der Waals surface area contributed by atoms with Crippen LogP contribution in [0.5, 0.6) is 0 Å². The molecule has 1 aliphatic heterocycles. The smallest absolute Gasteiger partial charge is 0.146 e. The third kappa shape index (κ3) is 2.07. The zero-order valence-electron chi connectivity index (χ0n) is 8.84. The average Bonchev–Trinajstić information content (AvgIpc) is 2.62. The van der Waals surface area contributed by atoms with Gasteiger partial charge in [0.1, 0.15) is 5.78 Å². The van der Waals surface area contributed by atoms with E-state index in [0.717, 1.165) is 0 Å². The second-order valence-electron chi connectivity index (χ2n) is 4.25. The molecule has 0 saturated carbocycles. The van der Waals surface area contributed by atoms with Crippen LogP contribution in [0, 0.1) is 11.8 Å². The molecule has 0 bridgehead atoms. The number of nitrogens with zero attached hydrogens (tertiary/aromatic N) is 1. The summed E-state index contributed by atoms with van der Waals surface area (Å²) in [5.74, 6) is 0.776. The number of carbonyl (C=O) groups excluding carboxylic acids is 1. The molecule has 0 radical (unpaired) electrons. The number of fused-ring (bicyclic) bond motifs is 1. The van der Waals surface area contributed by atoms with Crippen molar-refractivity contribution in [1.29, 1.82) is 0 Å². The van der Waals surface area contributed by atoms with Gasteiger partial charge < -0.3 is 5.73 Å². The van der Waals surface area contributed by atoms with Gasteiger partial charge in [0.15, 0.2) is 0 Å². The van der Waals surface area contributed by atoms with Crippen molar-refractivity contribution >= 4 is 12.0 Å². The van der Waals surface area contributed by atoms with Crippen LogP contribution in [0.4, 0.5) is 0 Å². The van der Waals surface area contributed by atoms with Gasteiger partial charge >= 0.3 is 0 Å². The Bertz CT molecular complexity index is 344. The predicted octanol–water partition coefficient (Wildman–Crippen LogP) is 1.10. The summed E-state index contributed by atoms with van der Waals surface area (Å²) in [7, 11) is 0. The number of ketones is 1. The monoisotopic (exact) mass is 204 g/mol. The van der Waals surface area contributed by atoms with E-state index in [9.17, 15) is 4.79 Å². The van der Waals surface area contributed by atoms with Crippen molar-refractivity contribution in [3.05, 3.63) is 24.3 Å². The molecule has 15 heavy (non-hydrogen) atoms. The molecule has 4 unspecified atom stereocenters. The number of nitrogens with two attached hydrogens (primary N) is 1. The van der Waals surface area contributed by atoms with Gasteiger partial charge in [-0.05, 0) is 13.3 Å². The first kappa shape index (κ1) is 10.3. The molecular formula is C12H16N2O. The Kier molecular flexibility index (Phi) is 2.82. The Morgan fingerprint density at radius 3 is 2.93 bits per heavy atom. The number of hydrogen-bond donors (Lipinski definition) is 1. The summed E-state index contributed by atoms with van der Waals surface area (Å²) in [5.41, 5.74) is 5.76. The molecule has 1 heterocycles. The number of Topliss-reactive ketones (excluding diaryl/α,β-unsaturated/α-hetero) is 1. The fraction of sp³-hybridized carbons (Fsp3) is 0.500. The van der Waals surface area contributed by atoms with Gasteiger partial charge in [0, 0.05) is 18.1 Å². The van der Waals surface area contributed by atoms with Crippen molar-refractivity contribution in [1.82, 2.24) is 0 Å². The molecule has 1 aliphatic carbocycles. The molecule has 0 amide bonds. The first-order valence-corrected chi connectivity index (χ1v) is 5.33. The topological polar surface area (TPSA) is 55.5 Å². The van der Waals surface area contributed by atoms with Crippen LogP contribution >= 0.6 is 0 Å². The minimum absolute atomic E-state index is 0.0576. The summed E-state index contributed by atoms with van der Waals surface area (Å²) >= 11 is 0. The van der Waals surface area contributed by atoms with Gasteiger partial charge in [0.25, 0.3) is 0 Å². The lowest BCUT2D eigenvalue weighted by atomic mass is 9.83. The first-order chi connectivity index (χ1) is 7.18. The molecular weight excluding hydrogens is 188 g/mol. The molecule has 0 aromatic carbocycles.